The van der Waals surface area contributed by atoms with Crippen LogP contribution in [0.4, 0.5) is 11.5 Å². The Balaban J connectivity index is 2.16. The number of nitrogens with zero attached hydrogens (tertiary/aromatic N) is 1. The minimum Gasteiger partial charge on any atom is -0.497 e. The van der Waals surface area contributed by atoms with Crippen molar-refractivity contribution >= 4 is 11.5 Å². The first kappa shape index (κ1) is 11.4. The van der Waals surface area contributed by atoms with E-state index in [1.54, 1.807) is 14.2 Å². The molecule has 0 aliphatic heterocycles. The molecule has 17 heavy (non-hydrogen) atoms. The summed E-state index contributed by atoms with van der Waals surface area (Å²) in [6.45, 7) is 0. The van der Waals surface area contributed by atoms with Gasteiger partial charge in [0, 0.05) is 18.8 Å². The van der Waals surface area contributed by atoms with Gasteiger partial charge in [0.2, 0.25) is 0 Å². The number of methoxy groups -OCH3 is 2. The molecule has 1 heterocycles. The lowest BCUT2D eigenvalue weighted by Gasteiger charge is -2.09. The standard InChI is InChI=1S/C13H16N2O2/c1-15-12(8-9-13(15)17-3)14-10-4-6-11(16-2)7-5-10/h4-9,14H,1-3H3. The lowest BCUT2D eigenvalue weighted by molar-refractivity contribution is 0.383. The van der Waals surface area contributed by atoms with E-state index in [9.17, 15) is 0 Å². The molecule has 0 aliphatic carbocycles. The van der Waals surface area contributed by atoms with E-state index in [1.165, 1.54) is 0 Å². The van der Waals surface area contributed by atoms with Gasteiger partial charge in [0.25, 0.3) is 0 Å². The van der Waals surface area contributed by atoms with E-state index < -0.39 is 0 Å². The third-order valence-corrected chi connectivity index (χ3v) is 2.65. The van der Waals surface area contributed by atoms with Gasteiger partial charge in [-0.15, -0.1) is 0 Å². The van der Waals surface area contributed by atoms with Crippen molar-refractivity contribution in [2.75, 3.05) is 19.5 Å². The van der Waals surface area contributed by atoms with Crippen molar-refractivity contribution in [3.05, 3.63) is 36.4 Å². The van der Waals surface area contributed by atoms with E-state index in [2.05, 4.69) is 5.32 Å². The predicted molar refractivity (Wildman–Crippen MR) is 68.2 cm³/mol. The van der Waals surface area contributed by atoms with Gasteiger partial charge in [-0.05, 0) is 30.3 Å². The van der Waals surface area contributed by atoms with Crippen LogP contribution >= 0.6 is 0 Å². The van der Waals surface area contributed by atoms with Crippen LogP contribution in [0.3, 0.4) is 0 Å². The molecule has 0 aliphatic rings. The van der Waals surface area contributed by atoms with Crippen LogP contribution in [0.5, 0.6) is 11.6 Å². The highest BCUT2D eigenvalue weighted by Gasteiger charge is 2.04. The summed E-state index contributed by atoms with van der Waals surface area (Å²) in [5.41, 5.74) is 1.01. The fourth-order valence-electron chi connectivity index (χ4n) is 1.65. The smallest absolute Gasteiger partial charge is 0.194 e. The average Bonchev–Trinajstić information content (AvgIpc) is 2.71. The van der Waals surface area contributed by atoms with E-state index >= 15 is 0 Å². The Bertz CT molecular complexity index is 489. The van der Waals surface area contributed by atoms with Gasteiger partial charge >= 0.3 is 0 Å². The number of ether oxygens (including phenoxy) is 2. The predicted octanol–water partition coefficient (Wildman–Crippen LogP) is 2.79. The largest absolute Gasteiger partial charge is 0.497 e. The first-order valence-corrected chi connectivity index (χ1v) is 5.35. The number of nitrogens with one attached hydrogen (secondary N) is 1. The quantitative estimate of drug-likeness (QED) is 0.880. The van der Waals surface area contributed by atoms with Gasteiger partial charge in [-0.3, -0.25) is 0 Å². The fraction of sp³-hybridized carbons (Fsp3) is 0.231. The molecular weight excluding hydrogens is 216 g/mol. The number of anilines is 2. The molecule has 1 aromatic carbocycles. The Morgan fingerprint density at radius 2 is 1.65 bits per heavy atom. The normalized spacial score (nSPS) is 10.1. The summed E-state index contributed by atoms with van der Waals surface area (Å²) in [5, 5.41) is 3.31. The summed E-state index contributed by atoms with van der Waals surface area (Å²) in [7, 11) is 5.27. The summed E-state index contributed by atoms with van der Waals surface area (Å²) in [4.78, 5) is 0. The van der Waals surface area contributed by atoms with Crippen molar-refractivity contribution in [1.29, 1.82) is 0 Å². The van der Waals surface area contributed by atoms with Gasteiger partial charge in [-0.1, -0.05) is 0 Å². The van der Waals surface area contributed by atoms with Crippen LogP contribution in [0.1, 0.15) is 0 Å². The summed E-state index contributed by atoms with van der Waals surface area (Å²) < 4.78 is 12.3. The third-order valence-electron chi connectivity index (χ3n) is 2.65. The van der Waals surface area contributed by atoms with E-state index in [1.807, 2.05) is 48.0 Å². The van der Waals surface area contributed by atoms with Gasteiger partial charge in [-0.25, -0.2) is 0 Å². The summed E-state index contributed by atoms with van der Waals surface area (Å²) >= 11 is 0. The molecule has 0 saturated heterocycles. The van der Waals surface area contributed by atoms with Crippen LogP contribution in [-0.4, -0.2) is 18.8 Å². The van der Waals surface area contributed by atoms with Crippen molar-refractivity contribution in [2.45, 2.75) is 0 Å². The second-order valence-corrected chi connectivity index (χ2v) is 3.67. The van der Waals surface area contributed by atoms with Gasteiger partial charge in [0.15, 0.2) is 5.88 Å². The maximum absolute atomic E-state index is 5.20. The van der Waals surface area contributed by atoms with Crippen molar-refractivity contribution in [3.8, 4) is 11.6 Å². The molecule has 0 atom stereocenters. The molecule has 0 bridgehead atoms. The van der Waals surface area contributed by atoms with Gasteiger partial charge in [0.1, 0.15) is 11.6 Å². The molecule has 0 spiro atoms. The molecule has 0 fully saturated rings. The molecule has 90 valence electrons. The van der Waals surface area contributed by atoms with Gasteiger partial charge in [0.05, 0.1) is 14.2 Å². The highest BCUT2D eigenvalue weighted by atomic mass is 16.5. The van der Waals surface area contributed by atoms with Crippen LogP contribution in [0, 0.1) is 0 Å². The Morgan fingerprint density at radius 3 is 2.18 bits per heavy atom. The Morgan fingerprint density at radius 1 is 0.941 bits per heavy atom. The van der Waals surface area contributed by atoms with E-state index in [0.717, 1.165) is 23.1 Å². The van der Waals surface area contributed by atoms with Crippen LogP contribution in [0.25, 0.3) is 0 Å². The number of aromatic nitrogens is 1. The first-order chi connectivity index (χ1) is 8.24. The average molecular weight is 232 g/mol. The van der Waals surface area contributed by atoms with Gasteiger partial charge in [-0.2, -0.15) is 0 Å². The second-order valence-electron chi connectivity index (χ2n) is 3.67. The molecule has 1 aromatic heterocycles. The molecule has 4 heteroatoms. The minimum absolute atomic E-state index is 0.820. The minimum atomic E-state index is 0.820. The molecule has 2 aromatic rings. The molecule has 2 rings (SSSR count). The zero-order chi connectivity index (χ0) is 12.3. The van der Waals surface area contributed by atoms with Crippen molar-refractivity contribution in [2.24, 2.45) is 7.05 Å². The summed E-state index contributed by atoms with van der Waals surface area (Å²) in [6.07, 6.45) is 0. The van der Waals surface area contributed by atoms with E-state index in [4.69, 9.17) is 9.47 Å². The van der Waals surface area contributed by atoms with Crippen LogP contribution < -0.4 is 14.8 Å². The van der Waals surface area contributed by atoms with Crippen molar-refractivity contribution in [1.82, 2.24) is 4.57 Å². The highest BCUT2D eigenvalue weighted by Crippen LogP contribution is 2.24. The maximum atomic E-state index is 5.20. The molecule has 0 saturated carbocycles. The molecule has 0 amide bonds. The van der Waals surface area contributed by atoms with Crippen LogP contribution in [0.2, 0.25) is 0 Å². The Labute approximate surface area is 101 Å². The van der Waals surface area contributed by atoms with Crippen molar-refractivity contribution < 1.29 is 9.47 Å². The maximum Gasteiger partial charge on any atom is 0.194 e. The summed E-state index contributed by atoms with van der Waals surface area (Å²) in [5.74, 6) is 2.65. The number of hydrogen-bond donors (Lipinski definition) is 1. The topological polar surface area (TPSA) is 35.4 Å². The molecule has 4 nitrogen and oxygen atoms in total. The highest BCUT2D eigenvalue weighted by molar-refractivity contribution is 5.59. The second kappa shape index (κ2) is 4.82. The Hall–Kier alpha value is -2.10. The molecular formula is C13H16N2O2. The van der Waals surface area contributed by atoms with Crippen molar-refractivity contribution in [3.63, 3.8) is 0 Å². The number of benzene rings is 1. The zero-order valence-electron chi connectivity index (χ0n) is 10.2. The molecule has 1 N–H and O–H groups in total. The van der Waals surface area contributed by atoms with Crippen LogP contribution in [0.15, 0.2) is 36.4 Å². The lowest BCUT2D eigenvalue weighted by atomic mass is 10.3. The van der Waals surface area contributed by atoms with Gasteiger partial charge < -0.3 is 19.4 Å². The Kier molecular flexibility index (Phi) is 3.23. The lowest BCUT2D eigenvalue weighted by Crippen LogP contribution is -1.99. The molecule has 0 unspecified atom stereocenters. The van der Waals surface area contributed by atoms with E-state index in [0.29, 0.717) is 0 Å². The SMILES string of the molecule is COc1ccc(Nc2ccc(OC)n2C)cc1. The monoisotopic (exact) mass is 232 g/mol. The first-order valence-electron chi connectivity index (χ1n) is 5.35. The zero-order valence-corrected chi connectivity index (χ0v) is 10.2. The van der Waals surface area contributed by atoms with Crippen LogP contribution in [-0.2, 0) is 7.05 Å². The number of hydrogen-bond acceptors (Lipinski definition) is 3. The fourth-order valence-corrected chi connectivity index (χ4v) is 1.65. The third kappa shape index (κ3) is 2.36. The van der Waals surface area contributed by atoms with E-state index in [-0.39, 0.29) is 0 Å². The summed E-state index contributed by atoms with van der Waals surface area (Å²) in [6, 6.07) is 11.7. The molecule has 0 radical (unpaired) electrons. The number of rotatable bonds is 4.